The number of rotatable bonds is 3. The lowest BCUT2D eigenvalue weighted by Gasteiger charge is -2.25. The minimum Gasteiger partial charge on any atom is -0.394 e. The van der Waals surface area contributed by atoms with Crippen LogP contribution >= 0.6 is 11.6 Å². The Morgan fingerprint density at radius 1 is 1.63 bits per heavy atom. The Morgan fingerprint density at radius 2 is 2.42 bits per heavy atom. The molecule has 19 heavy (non-hydrogen) atoms. The van der Waals surface area contributed by atoms with Crippen LogP contribution in [0.1, 0.15) is 31.4 Å². The van der Waals surface area contributed by atoms with Gasteiger partial charge in [-0.05, 0) is 37.5 Å². The van der Waals surface area contributed by atoms with E-state index < -0.39 is 0 Å². The Labute approximate surface area is 118 Å². The molecule has 0 radical (unpaired) electrons. The van der Waals surface area contributed by atoms with Gasteiger partial charge >= 0.3 is 6.03 Å². The molecule has 2 N–H and O–H groups in total. The van der Waals surface area contributed by atoms with E-state index in [2.05, 4.69) is 5.32 Å². The topological polar surface area (TPSA) is 52.6 Å². The smallest absolute Gasteiger partial charge is 0.318 e. The first-order valence-corrected chi connectivity index (χ1v) is 6.93. The number of aliphatic hydroxyl groups is 1. The van der Waals surface area contributed by atoms with E-state index in [1.807, 2.05) is 31.2 Å². The van der Waals surface area contributed by atoms with Gasteiger partial charge in [-0.15, -0.1) is 0 Å². The fraction of sp³-hybridized carbons (Fsp3) is 0.500. The van der Waals surface area contributed by atoms with Gasteiger partial charge in [-0.25, -0.2) is 4.79 Å². The molecule has 0 saturated carbocycles. The summed E-state index contributed by atoms with van der Waals surface area (Å²) >= 11 is 5.94. The number of carbonyl (C=O) groups is 1. The van der Waals surface area contributed by atoms with Crippen LogP contribution in [0.2, 0.25) is 5.02 Å². The Morgan fingerprint density at radius 3 is 3.11 bits per heavy atom. The van der Waals surface area contributed by atoms with Crippen molar-refractivity contribution in [3.8, 4) is 0 Å². The number of amides is 2. The fourth-order valence-corrected chi connectivity index (χ4v) is 2.62. The van der Waals surface area contributed by atoms with E-state index in [0.717, 1.165) is 18.4 Å². The molecule has 1 saturated heterocycles. The molecule has 1 aromatic carbocycles. The molecule has 2 atom stereocenters. The van der Waals surface area contributed by atoms with Gasteiger partial charge in [-0.2, -0.15) is 0 Å². The zero-order valence-electron chi connectivity index (χ0n) is 11.0. The van der Waals surface area contributed by atoms with Crippen LogP contribution in [0.15, 0.2) is 24.3 Å². The Bertz CT molecular complexity index is 453. The van der Waals surface area contributed by atoms with Crippen molar-refractivity contribution in [2.45, 2.75) is 31.8 Å². The van der Waals surface area contributed by atoms with Gasteiger partial charge in [0.25, 0.3) is 0 Å². The van der Waals surface area contributed by atoms with Crippen LogP contribution in [-0.4, -0.2) is 35.2 Å². The van der Waals surface area contributed by atoms with Crippen molar-refractivity contribution in [1.82, 2.24) is 10.2 Å². The number of nitrogens with zero attached hydrogens (tertiary/aromatic N) is 1. The number of likely N-dealkylation sites (tertiary alicyclic amines) is 1. The van der Waals surface area contributed by atoms with E-state index in [1.165, 1.54) is 0 Å². The van der Waals surface area contributed by atoms with Gasteiger partial charge < -0.3 is 15.3 Å². The zero-order chi connectivity index (χ0) is 13.8. The SMILES string of the molecule is CC(NC(=O)N1CCCC1CO)c1cccc(Cl)c1. The van der Waals surface area contributed by atoms with Crippen LogP contribution in [0.4, 0.5) is 4.79 Å². The molecule has 5 heteroatoms. The molecule has 2 unspecified atom stereocenters. The molecule has 1 aliphatic heterocycles. The quantitative estimate of drug-likeness (QED) is 0.895. The average Bonchev–Trinajstić information content (AvgIpc) is 2.87. The van der Waals surface area contributed by atoms with Crippen molar-refractivity contribution in [3.63, 3.8) is 0 Å². The van der Waals surface area contributed by atoms with Crippen molar-refractivity contribution in [2.24, 2.45) is 0 Å². The molecule has 104 valence electrons. The lowest BCUT2D eigenvalue weighted by molar-refractivity contribution is 0.155. The van der Waals surface area contributed by atoms with Crippen molar-refractivity contribution < 1.29 is 9.90 Å². The average molecular weight is 283 g/mol. The van der Waals surface area contributed by atoms with Gasteiger partial charge in [-0.1, -0.05) is 23.7 Å². The van der Waals surface area contributed by atoms with E-state index in [0.29, 0.717) is 11.6 Å². The summed E-state index contributed by atoms with van der Waals surface area (Å²) in [6.07, 6.45) is 1.82. The highest BCUT2D eigenvalue weighted by Crippen LogP contribution is 2.20. The molecular weight excluding hydrogens is 264 g/mol. The number of halogens is 1. The van der Waals surface area contributed by atoms with Gasteiger partial charge in [0.05, 0.1) is 18.7 Å². The summed E-state index contributed by atoms with van der Waals surface area (Å²) in [6.45, 7) is 2.66. The lowest BCUT2D eigenvalue weighted by atomic mass is 10.1. The van der Waals surface area contributed by atoms with Crippen LogP contribution in [0.5, 0.6) is 0 Å². The second-order valence-electron chi connectivity index (χ2n) is 4.90. The van der Waals surface area contributed by atoms with Crippen molar-refractivity contribution >= 4 is 17.6 Å². The summed E-state index contributed by atoms with van der Waals surface area (Å²) < 4.78 is 0. The standard InChI is InChI=1S/C14H19ClN2O2/c1-10(11-4-2-5-12(15)8-11)16-14(19)17-7-3-6-13(17)9-18/h2,4-5,8,10,13,18H,3,6-7,9H2,1H3,(H,16,19). The van der Waals surface area contributed by atoms with Crippen LogP contribution in [0, 0.1) is 0 Å². The highest BCUT2D eigenvalue weighted by atomic mass is 35.5. The largest absolute Gasteiger partial charge is 0.394 e. The fourth-order valence-electron chi connectivity index (χ4n) is 2.42. The van der Waals surface area contributed by atoms with E-state index in [1.54, 1.807) is 4.90 Å². The predicted molar refractivity (Wildman–Crippen MR) is 75.2 cm³/mol. The maximum atomic E-state index is 12.2. The molecule has 2 amide bonds. The second kappa shape index (κ2) is 6.26. The molecule has 0 aromatic heterocycles. The molecular formula is C14H19ClN2O2. The van der Waals surface area contributed by atoms with Gasteiger partial charge in [0.15, 0.2) is 0 Å². The first kappa shape index (κ1) is 14.2. The number of urea groups is 1. The number of nitrogens with one attached hydrogen (secondary N) is 1. The zero-order valence-corrected chi connectivity index (χ0v) is 11.7. The highest BCUT2D eigenvalue weighted by Gasteiger charge is 2.28. The summed E-state index contributed by atoms with van der Waals surface area (Å²) in [6, 6.07) is 7.18. The third kappa shape index (κ3) is 3.39. The monoisotopic (exact) mass is 282 g/mol. The number of hydrogen-bond donors (Lipinski definition) is 2. The summed E-state index contributed by atoms with van der Waals surface area (Å²) in [4.78, 5) is 13.9. The minimum atomic E-state index is -0.121. The Hall–Kier alpha value is -1.26. The van der Waals surface area contributed by atoms with Crippen molar-refractivity contribution in [1.29, 1.82) is 0 Å². The number of aliphatic hydroxyl groups excluding tert-OH is 1. The second-order valence-corrected chi connectivity index (χ2v) is 5.33. The highest BCUT2D eigenvalue weighted by molar-refractivity contribution is 6.30. The third-order valence-electron chi connectivity index (χ3n) is 3.54. The van der Waals surface area contributed by atoms with Crippen LogP contribution in [0.3, 0.4) is 0 Å². The van der Waals surface area contributed by atoms with Crippen LogP contribution < -0.4 is 5.32 Å². The van der Waals surface area contributed by atoms with E-state index in [4.69, 9.17) is 11.6 Å². The molecule has 0 aliphatic carbocycles. The summed E-state index contributed by atoms with van der Waals surface area (Å²) in [5.74, 6) is 0. The van der Waals surface area contributed by atoms with Gasteiger partial charge in [0.1, 0.15) is 0 Å². The summed E-state index contributed by atoms with van der Waals surface area (Å²) in [5.41, 5.74) is 0.973. The number of carbonyl (C=O) groups excluding carboxylic acids is 1. The van der Waals surface area contributed by atoms with E-state index in [9.17, 15) is 9.90 Å². The molecule has 0 spiro atoms. The first-order chi connectivity index (χ1) is 9.11. The number of hydrogen-bond acceptors (Lipinski definition) is 2. The van der Waals surface area contributed by atoms with E-state index >= 15 is 0 Å². The molecule has 1 heterocycles. The molecule has 1 aliphatic rings. The third-order valence-corrected chi connectivity index (χ3v) is 3.77. The Kier molecular flexibility index (Phi) is 4.66. The maximum absolute atomic E-state index is 12.2. The summed E-state index contributed by atoms with van der Waals surface area (Å²) in [7, 11) is 0. The Balaban J connectivity index is 1.98. The van der Waals surface area contributed by atoms with Gasteiger partial charge in [0.2, 0.25) is 0 Å². The van der Waals surface area contributed by atoms with E-state index in [-0.39, 0.29) is 24.7 Å². The number of benzene rings is 1. The molecule has 0 bridgehead atoms. The molecule has 1 aromatic rings. The van der Waals surface area contributed by atoms with Crippen molar-refractivity contribution in [3.05, 3.63) is 34.9 Å². The predicted octanol–water partition coefficient (Wildman–Crippen LogP) is 2.57. The van der Waals surface area contributed by atoms with Crippen LogP contribution in [0.25, 0.3) is 0 Å². The molecule has 4 nitrogen and oxygen atoms in total. The van der Waals surface area contributed by atoms with Crippen molar-refractivity contribution in [2.75, 3.05) is 13.2 Å². The molecule has 2 rings (SSSR count). The summed E-state index contributed by atoms with van der Waals surface area (Å²) in [5, 5.41) is 12.8. The van der Waals surface area contributed by atoms with Crippen LogP contribution in [-0.2, 0) is 0 Å². The first-order valence-electron chi connectivity index (χ1n) is 6.55. The normalized spacial score (nSPS) is 20.4. The van der Waals surface area contributed by atoms with Gasteiger partial charge in [-0.3, -0.25) is 0 Å². The maximum Gasteiger partial charge on any atom is 0.318 e. The van der Waals surface area contributed by atoms with Gasteiger partial charge in [0, 0.05) is 11.6 Å². The molecule has 1 fully saturated rings. The lowest BCUT2D eigenvalue weighted by Crippen LogP contribution is -2.44. The minimum absolute atomic E-state index is 0.0268.